The van der Waals surface area contributed by atoms with Gasteiger partial charge in [-0.2, -0.15) is 0 Å². The number of rotatable bonds is 7. The Labute approximate surface area is 95.4 Å². The molecule has 0 bridgehead atoms. The molecule has 3 heteroatoms. The van der Waals surface area contributed by atoms with Crippen LogP contribution in [0.15, 0.2) is 0 Å². The van der Waals surface area contributed by atoms with Gasteiger partial charge in [0.1, 0.15) is 11.6 Å². The predicted octanol–water partition coefficient (Wildman–Crippen LogP) is 3.00. The van der Waals surface area contributed by atoms with Gasteiger partial charge in [-0.15, -0.1) is 9.24 Å². The SMILES string of the molecule is CC(C)(C)C(=O)CC(=O)CCCCCP. The third-order valence-corrected chi connectivity index (χ3v) is 2.76. The first-order valence-corrected chi connectivity index (χ1v) is 6.44. The summed E-state index contributed by atoms with van der Waals surface area (Å²) >= 11 is 0. The zero-order valence-electron chi connectivity index (χ0n) is 10.1. The van der Waals surface area contributed by atoms with E-state index in [1.165, 1.54) is 0 Å². The monoisotopic (exact) mass is 230 g/mol. The highest BCUT2D eigenvalue weighted by atomic mass is 31.0. The Morgan fingerprint density at radius 3 is 2.13 bits per heavy atom. The average Bonchev–Trinajstić information content (AvgIpc) is 2.11. The van der Waals surface area contributed by atoms with Gasteiger partial charge in [0, 0.05) is 11.8 Å². The summed E-state index contributed by atoms with van der Waals surface area (Å²) in [5.41, 5.74) is -0.379. The summed E-state index contributed by atoms with van der Waals surface area (Å²) < 4.78 is 0. The number of Topliss-reactive ketones (excluding diaryl/α,β-unsaturated/α-hetero) is 2. The molecule has 2 nitrogen and oxygen atoms in total. The van der Waals surface area contributed by atoms with Gasteiger partial charge in [-0.3, -0.25) is 9.59 Å². The molecule has 1 unspecified atom stereocenters. The number of ketones is 2. The van der Waals surface area contributed by atoms with E-state index in [2.05, 4.69) is 9.24 Å². The Hall–Kier alpha value is -0.230. The van der Waals surface area contributed by atoms with Gasteiger partial charge in [0.05, 0.1) is 6.42 Å². The van der Waals surface area contributed by atoms with Crippen molar-refractivity contribution in [1.29, 1.82) is 0 Å². The maximum absolute atomic E-state index is 11.5. The first kappa shape index (κ1) is 14.8. The molecule has 15 heavy (non-hydrogen) atoms. The Kier molecular flexibility index (Phi) is 7.00. The van der Waals surface area contributed by atoms with Crippen molar-refractivity contribution in [3.63, 3.8) is 0 Å². The van der Waals surface area contributed by atoms with Crippen LogP contribution in [0.1, 0.15) is 52.9 Å². The minimum absolute atomic E-state index is 0.0542. The number of hydrogen-bond acceptors (Lipinski definition) is 2. The molecule has 1 atom stereocenters. The Morgan fingerprint density at radius 1 is 1.07 bits per heavy atom. The quantitative estimate of drug-likeness (QED) is 0.383. The van der Waals surface area contributed by atoms with E-state index >= 15 is 0 Å². The van der Waals surface area contributed by atoms with E-state index in [-0.39, 0.29) is 23.4 Å². The molecule has 0 aromatic carbocycles. The standard InChI is InChI=1S/C12H23O2P/c1-12(2,3)11(14)9-10(13)7-5-4-6-8-15/h4-9,15H2,1-3H3. The number of hydrogen-bond donors (Lipinski definition) is 0. The molecule has 0 N–H and O–H groups in total. The van der Waals surface area contributed by atoms with Crippen molar-refractivity contribution in [2.75, 3.05) is 6.16 Å². The topological polar surface area (TPSA) is 34.1 Å². The van der Waals surface area contributed by atoms with Gasteiger partial charge >= 0.3 is 0 Å². The van der Waals surface area contributed by atoms with Crippen molar-refractivity contribution in [2.45, 2.75) is 52.9 Å². The molecule has 0 aliphatic rings. The normalized spacial score (nSPS) is 11.5. The highest BCUT2D eigenvalue weighted by Gasteiger charge is 2.22. The summed E-state index contributed by atoms with van der Waals surface area (Å²) in [5, 5.41) is 0. The summed E-state index contributed by atoms with van der Waals surface area (Å²) in [6.07, 6.45) is 4.92. The molecule has 88 valence electrons. The van der Waals surface area contributed by atoms with Crippen LogP contribution in [0.5, 0.6) is 0 Å². The third-order valence-electron chi connectivity index (χ3n) is 2.35. The van der Waals surface area contributed by atoms with Crippen LogP contribution in [0.25, 0.3) is 0 Å². The lowest BCUT2D eigenvalue weighted by Crippen LogP contribution is -2.22. The lowest BCUT2D eigenvalue weighted by Gasteiger charge is -2.15. The van der Waals surface area contributed by atoms with Gasteiger partial charge in [0.15, 0.2) is 0 Å². The maximum atomic E-state index is 11.5. The number of carbonyl (C=O) groups excluding carboxylic acids is 2. The summed E-state index contributed by atoms with van der Waals surface area (Å²) in [4.78, 5) is 23.0. The maximum Gasteiger partial charge on any atom is 0.145 e. The largest absolute Gasteiger partial charge is 0.299 e. The summed E-state index contributed by atoms with van der Waals surface area (Å²) in [5.74, 6) is 0.150. The number of carbonyl (C=O) groups is 2. The second-order valence-electron chi connectivity index (χ2n) is 4.99. The smallest absolute Gasteiger partial charge is 0.145 e. The zero-order chi connectivity index (χ0) is 11.9. The minimum atomic E-state index is -0.379. The van der Waals surface area contributed by atoms with E-state index < -0.39 is 0 Å². The van der Waals surface area contributed by atoms with Crippen molar-refractivity contribution in [2.24, 2.45) is 5.41 Å². The van der Waals surface area contributed by atoms with Crippen LogP contribution >= 0.6 is 9.24 Å². The Morgan fingerprint density at radius 2 is 1.67 bits per heavy atom. The fourth-order valence-electron chi connectivity index (χ4n) is 1.18. The molecule has 0 amide bonds. The van der Waals surface area contributed by atoms with E-state index in [0.29, 0.717) is 6.42 Å². The van der Waals surface area contributed by atoms with Gasteiger partial charge in [0.2, 0.25) is 0 Å². The van der Waals surface area contributed by atoms with Crippen LogP contribution in [0.4, 0.5) is 0 Å². The van der Waals surface area contributed by atoms with Crippen LogP contribution < -0.4 is 0 Å². The van der Waals surface area contributed by atoms with Gasteiger partial charge in [-0.05, 0) is 19.0 Å². The fraction of sp³-hybridized carbons (Fsp3) is 0.833. The van der Waals surface area contributed by atoms with Crippen LogP contribution in [0.3, 0.4) is 0 Å². The van der Waals surface area contributed by atoms with Crippen molar-refractivity contribution in [1.82, 2.24) is 0 Å². The molecule has 0 aliphatic carbocycles. The van der Waals surface area contributed by atoms with Gasteiger partial charge < -0.3 is 0 Å². The van der Waals surface area contributed by atoms with E-state index in [0.717, 1.165) is 25.4 Å². The van der Waals surface area contributed by atoms with E-state index in [9.17, 15) is 9.59 Å². The van der Waals surface area contributed by atoms with Crippen LogP contribution in [-0.4, -0.2) is 17.7 Å². The van der Waals surface area contributed by atoms with Crippen LogP contribution in [0, 0.1) is 5.41 Å². The van der Waals surface area contributed by atoms with Crippen molar-refractivity contribution >= 4 is 20.8 Å². The lowest BCUT2D eigenvalue weighted by atomic mass is 9.87. The number of unbranched alkanes of at least 4 members (excludes halogenated alkanes) is 2. The summed E-state index contributed by atoms with van der Waals surface area (Å²) in [6, 6.07) is 0. The van der Waals surface area contributed by atoms with E-state index in [1.807, 2.05) is 20.8 Å². The molecule has 0 fully saturated rings. The predicted molar refractivity (Wildman–Crippen MR) is 67.1 cm³/mol. The lowest BCUT2D eigenvalue weighted by molar-refractivity contribution is -0.131. The van der Waals surface area contributed by atoms with Crippen molar-refractivity contribution in [3.8, 4) is 0 Å². The summed E-state index contributed by atoms with van der Waals surface area (Å²) in [6.45, 7) is 5.57. The highest BCUT2D eigenvalue weighted by Crippen LogP contribution is 2.17. The Bertz CT molecular complexity index is 216. The molecule has 0 rings (SSSR count). The van der Waals surface area contributed by atoms with E-state index in [4.69, 9.17) is 0 Å². The first-order chi connectivity index (χ1) is 6.88. The highest BCUT2D eigenvalue weighted by molar-refractivity contribution is 7.16. The fourth-order valence-corrected chi connectivity index (χ4v) is 1.46. The van der Waals surface area contributed by atoms with Crippen molar-refractivity contribution < 1.29 is 9.59 Å². The molecule has 0 heterocycles. The van der Waals surface area contributed by atoms with Crippen molar-refractivity contribution in [3.05, 3.63) is 0 Å². The molecular weight excluding hydrogens is 207 g/mol. The molecule has 0 radical (unpaired) electrons. The van der Waals surface area contributed by atoms with Gasteiger partial charge in [-0.25, -0.2) is 0 Å². The molecular formula is C12H23O2P. The summed E-state index contributed by atoms with van der Waals surface area (Å²) in [7, 11) is 2.68. The van der Waals surface area contributed by atoms with Gasteiger partial charge in [0.25, 0.3) is 0 Å². The van der Waals surface area contributed by atoms with E-state index in [1.54, 1.807) is 0 Å². The Balaban J connectivity index is 3.71. The minimum Gasteiger partial charge on any atom is -0.299 e. The zero-order valence-corrected chi connectivity index (χ0v) is 11.3. The second-order valence-corrected chi connectivity index (χ2v) is 5.57. The van der Waals surface area contributed by atoms with Crippen LogP contribution in [0.2, 0.25) is 0 Å². The first-order valence-electron chi connectivity index (χ1n) is 5.63. The molecule has 0 aromatic heterocycles. The molecule has 0 saturated heterocycles. The third kappa shape index (κ3) is 7.67. The molecule has 0 aromatic rings. The molecule has 0 saturated carbocycles. The van der Waals surface area contributed by atoms with Gasteiger partial charge in [-0.1, -0.05) is 27.2 Å². The van der Waals surface area contributed by atoms with Crippen LogP contribution in [-0.2, 0) is 9.59 Å². The molecule has 0 aliphatic heterocycles. The second kappa shape index (κ2) is 7.11. The average molecular weight is 230 g/mol. The molecule has 0 spiro atoms.